The summed E-state index contributed by atoms with van der Waals surface area (Å²) in [7, 11) is 1.63. The molecule has 1 aromatic rings. The molecule has 1 aliphatic carbocycles. The summed E-state index contributed by atoms with van der Waals surface area (Å²) in [5, 5.41) is 12.4. The first kappa shape index (κ1) is 11.8. The second kappa shape index (κ2) is 4.29. The number of benzene rings is 1. The topological polar surface area (TPSA) is 45.0 Å². The van der Waals surface area contributed by atoms with Gasteiger partial charge in [0.05, 0.1) is 18.4 Å². The Bertz CT molecular complexity index is 460. The third-order valence-corrected chi connectivity index (χ3v) is 3.60. The van der Waals surface area contributed by atoms with E-state index in [4.69, 9.17) is 10.00 Å². The average molecular weight is 230 g/mol. The van der Waals surface area contributed by atoms with Crippen molar-refractivity contribution in [1.82, 2.24) is 0 Å². The van der Waals surface area contributed by atoms with Crippen molar-refractivity contribution in [3.05, 3.63) is 23.8 Å². The van der Waals surface area contributed by atoms with Crippen molar-refractivity contribution in [3.8, 4) is 11.8 Å². The number of hydrogen-bond donors (Lipinski definition) is 1. The maximum Gasteiger partial charge on any atom is 0.121 e. The van der Waals surface area contributed by atoms with Crippen LogP contribution in [0.2, 0.25) is 0 Å². The Kier molecular flexibility index (Phi) is 2.97. The molecule has 3 nitrogen and oxygen atoms in total. The molecule has 1 saturated carbocycles. The fraction of sp³-hybridized carbons (Fsp3) is 0.500. The predicted octanol–water partition coefficient (Wildman–Crippen LogP) is 3.02. The highest BCUT2D eigenvalue weighted by atomic mass is 16.5. The van der Waals surface area contributed by atoms with Crippen molar-refractivity contribution in [3.63, 3.8) is 0 Å². The molecule has 1 aliphatic rings. The lowest BCUT2D eigenvalue weighted by molar-refractivity contribution is 0.415. The number of rotatable bonds is 4. The summed E-state index contributed by atoms with van der Waals surface area (Å²) in [4.78, 5) is 0. The van der Waals surface area contributed by atoms with Crippen LogP contribution in [0.15, 0.2) is 18.2 Å². The van der Waals surface area contributed by atoms with E-state index in [0.717, 1.165) is 18.0 Å². The van der Waals surface area contributed by atoms with E-state index >= 15 is 0 Å². The van der Waals surface area contributed by atoms with Crippen LogP contribution in [0.5, 0.6) is 5.75 Å². The molecular weight excluding hydrogens is 212 g/mol. The minimum absolute atomic E-state index is 0.457. The number of ether oxygens (including phenoxy) is 1. The third-order valence-electron chi connectivity index (χ3n) is 3.60. The van der Waals surface area contributed by atoms with Gasteiger partial charge in [-0.15, -0.1) is 0 Å². The Morgan fingerprint density at radius 1 is 1.53 bits per heavy atom. The summed E-state index contributed by atoms with van der Waals surface area (Å²) in [6.07, 6.45) is 1.26. The van der Waals surface area contributed by atoms with E-state index in [1.165, 1.54) is 6.42 Å². The SMILES string of the molecule is COc1ccc(C#N)c(NCC2CC2(C)C)c1. The number of methoxy groups -OCH3 is 1. The van der Waals surface area contributed by atoms with Crippen molar-refractivity contribution in [2.24, 2.45) is 11.3 Å². The first-order valence-electron chi connectivity index (χ1n) is 5.89. The number of nitrogens with one attached hydrogen (secondary N) is 1. The largest absolute Gasteiger partial charge is 0.497 e. The second-order valence-corrected chi connectivity index (χ2v) is 5.29. The van der Waals surface area contributed by atoms with Crippen molar-refractivity contribution in [2.75, 3.05) is 19.0 Å². The summed E-state index contributed by atoms with van der Waals surface area (Å²) >= 11 is 0. The van der Waals surface area contributed by atoms with Gasteiger partial charge in [0.2, 0.25) is 0 Å². The van der Waals surface area contributed by atoms with Gasteiger partial charge in [-0.05, 0) is 29.9 Å². The molecule has 0 spiro atoms. The number of nitrogens with zero attached hydrogens (tertiary/aromatic N) is 1. The average Bonchev–Trinajstić information content (AvgIpc) is 2.94. The molecule has 1 N–H and O–H groups in total. The molecule has 0 amide bonds. The van der Waals surface area contributed by atoms with Crippen LogP contribution in [-0.4, -0.2) is 13.7 Å². The molecule has 1 atom stereocenters. The smallest absolute Gasteiger partial charge is 0.121 e. The number of nitriles is 1. The van der Waals surface area contributed by atoms with Gasteiger partial charge in [-0.2, -0.15) is 5.26 Å². The van der Waals surface area contributed by atoms with Gasteiger partial charge in [0, 0.05) is 12.6 Å². The van der Waals surface area contributed by atoms with E-state index in [9.17, 15) is 0 Å². The van der Waals surface area contributed by atoms with Gasteiger partial charge < -0.3 is 10.1 Å². The summed E-state index contributed by atoms with van der Waals surface area (Å²) < 4.78 is 5.17. The second-order valence-electron chi connectivity index (χ2n) is 5.29. The highest BCUT2D eigenvalue weighted by Gasteiger charge is 2.44. The molecule has 2 rings (SSSR count). The summed E-state index contributed by atoms with van der Waals surface area (Å²) in [5.74, 6) is 1.49. The van der Waals surface area contributed by atoms with Crippen molar-refractivity contribution in [1.29, 1.82) is 5.26 Å². The third kappa shape index (κ3) is 2.52. The van der Waals surface area contributed by atoms with E-state index in [-0.39, 0.29) is 0 Å². The number of anilines is 1. The first-order chi connectivity index (χ1) is 8.06. The Hall–Kier alpha value is -1.69. The quantitative estimate of drug-likeness (QED) is 0.864. The van der Waals surface area contributed by atoms with Crippen LogP contribution in [0.25, 0.3) is 0 Å². The van der Waals surface area contributed by atoms with Crippen molar-refractivity contribution >= 4 is 5.69 Å². The summed E-state index contributed by atoms with van der Waals surface area (Å²) in [5.41, 5.74) is 2.00. The molecular formula is C14H18N2O. The molecule has 0 aliphatic heterocycles. The van der Waals surface area contributed by atoms with E-state index in [0.29, 0.717) is 16.9 Å². The molecule has 0 radical (unpaired) electrons. The standard InChI is InChI=1S/C14H18N2O/c1-14(2)7-11(14)9-16-13-6-12(17-3)5-4-10(13)8-15/h4-6,11,16H,7,9H2,1-3H3. The lowest BCUT2D eigenvalue weighted by Crippen LogP contribution is -2.08. The monoisotopic (exact) mass is 230 g/mol. The van der Waals surface area contributed by atoms with Crippen LogP contribution >= 0.6 is 0 Å². The Labute approximate surface area is 102 Å². The molecule has 0 aromatic heterocycles. The lowest BCUT2D eigenvalue weighted by Gasteiger charge is -2.10. The van der Waals surface area contributed by atoms with Gasteiger partial charge in [-0.1, -0.05) is 13.8 Å². The summed E-state index contributed by atoms with van der Waals surface area (Å²) in [6, 6.07) is 7.68. The maximum atomic E-state index is 9.03. The molecule has 1 unspecified atom stereocenters. The molecule has 17 heavy (non-hydrogen) atoms. The van der Waals surface area contributed by atoms with Gasteiger partial charge in [0.1, 0.15) is 11.8 Å². The molecule has 0 bridgehead atoms. The molecule has 90 valence electrons. The molecule has 0 saturated heterocycles. The minimum atomic E-state index is 0.457. The summed E-state index contributed by atoms with van der Waals surface area (Å²) in [6.45, 7) is 5.47. The fourth-order valence-electron chi connectivity index (χ4n) is 2.05. The van der Waals surface area contributed by atoms with Crippen LogP contribution in [0, 0.1) is 22.7 Å². The van der Waals surface area contributed by atoms with E-state index < -0.39 is 0 Å². The van der Waals surface area contributed by atoms with Crippen LogP contribution in [0.3, 0.4) is 0 Å². The Morgan fingerprint density at radius 3 is 2.76 bits per heavy atom. The van der Waals surface area contributed by atoms with Crippen LogP contribution in [0.1, 0.15) is 25.8 Å². The van der Waals surface area contributed by atoms with Gasteiger partial charge in [-0.3, -0.25) is 0 Å². The highest BCUT2D eigenvalue weighted by molar-refractivity contribution is 5.60. The van der Waals surface area contributed by atoms with E-state index in [2.05, 4.69) is 25.2 Å². The molecule has 1 fully saturated rings. The molecule has 1 aromatic carbocycles. The van der Waals surface area contributed by atoms with Crippen LogP contribution in [-0.2, 0) is 0 Å². The molecule has 3 heteroatoms. The fourth-order valence-corrected chi connectivity index (χ4v) is 2.05. The van der Waals surface area contributed by atoms with Crippen LogP contribution in [0.4, 0.5) is 5.69 Å². The molecule has 0 heterocycles. The van der Waals surface area contributed by atoms with Gasteiger partial charge >= 0.3 is 0 Å². The van der Waals surface area contributed by atoms with E-state index in [1.807, 2.05) is 12.1 Å². The van der Waals surface area contributed by atoms with Crippen molar-refractivity contribution < 1.29 is 4.74 Å². The Morgan fingerprint density at radius 2 is 2.24 bits per heavy atom. The highest BCUT2D eigenvalue weighted by Crippen LogP contribution is 2.51. The zero-order valence-corrected chi connectivity index (χ0v) is 10.6. The van der Waals surface area contributed by atoms with Gasteiger partial charge in [0.25, 0.3) is 0 Å². The van der Waals surface area contributed by atoms with Gasteiger partial charge in [-0.25, -0.2) is 0 Å². The Balaban J connectivity index is 2.06. The predicted molar refractivity (Wildman–Crippen MR) is 68.1 cm³/mol. The van der Waals surface area contributed by atoms with Gasteiger partial charge in [0.15, 0.2) is 0 Å². The normalized spacial score (nSPS) is 20.5. The maximum absolute atomic E-state index is 9.03. The van der Waals surface area contributed by atoms with Crippen LogP contribution < -0.4 is 10.1 Å². The zero-order chi connectivity index (χ0) is 12.5. The zero-order valence-electron chi connectivity index (χ0n) is 10.6. The lowest BCUT2D eigenvalue weighted by atomic mass is 10.1. The minimum Gasteiger partial charge on any atom is -0.497 e. The first-order valence-corrected chi connectivity index (χ1v) is 5.89. The van der Waals surface area contributed by atoms with Crippen molar-refractivity contribution in [2.45, 2.75) is 20.3 Å². The van der Waals surface area contributed by atoms with E-state index in [1.54, 1.807) is 13.2 Å². The number of hydrogen-bond acceptors (Lipinski definition) is 3.